The topological polar surface area (TPSA) is 169 Å². The Morgan fingerprint density at radius 2 is 0.889 bits per heavy atom. The van der Waals surface area contributed by atoms with Crippen LogP contribution in [0.2, 0.25) is 0 Å². The molecule has 0 spiro atoms. The first-order chi connectivity index (χ1) is 2.83. The van der Waals surface area contributed by atoms with Gasteiger partial charge in [-0.1, -0.05) is 0 Å². The van der Waals surface area contributed by atoms with Crippen LogP contribution in [0.1, 0.15) is 0 Å². The maximum Gasteiger partial charge on any atom is 2.00 e. The van der Waals surface area contributed by atoms with Crippen LogP contribution in [-0.4, -0.2) is 10.4 Å². The monoisotopic (exact) mass is 323 g/mol. The second-order valence-corrected chi connectivity index (χ2v) is 0.163. The first-order valence-electron chi connectivity index (χ1n) is 0.765. The zero-order chi connectivity index (χ0) is 5.41. The summed E-state index contributed by atoms with van der Waals surface area (Å²) in [6, 6.07) is 0. The van der Waals surface area contributed by atoms with Crippen molar-refractivity contribution in [2.45, 2.75) is 0 Å². The number of nitrogens with zero attached hydrogens (tertiary/aromatic N) is 2. The van der Waals surface area contributed by atoms with Crippen LogP contribution in [0.4, 0.5) is 0 Å². The molecule has 0 unspecified atom stereocenters. The normalized spacial score (nSPS) is 2.67. The Balaban J connectivity index is -0.00000000889. The molecule has 0 rings (SSSR count). The summed E-state index contributed by atoms with van der Waals surface area (Å²) in [5.41, 5.74) is 0. The summed E-state index contributed by atoms with van der Waals surface area (Å²) in [7, 11) is 0. The van der Waals surface area contributed by atoms with Crippen LogP contribution in [0.25, 0.3) is 0 Å². The molecule has 0 aliphatic rings. The quantitative estimate of drug-likeness (QED) is 0.376. The zero-order valence-electron chi connectivity index (χ0n) is 4.34. The Bertz CT molecular complexity index is 33.5. The van der Waals surface area contributed by atoms with Gasteiger partial charge >= 0.3 is 21.1 Å². The third-order valence-electron chi connectivity index (χ3n) is 0. The molecule has 9 heteroatoms. The molecule has 0 heterocycles. The van der Waals surface area contributed by atoms with Gasteiger partial charge in [0.1, 0.15) is 0 Å². The van der Waals surface area contributed by atoms with Crippen molar-refractivity contribution in [3.05, 3.63) is 9.81 Å². The van der Waals surface area contributed by atoms with Crippen molar-refractivity contribution >= 4 is 0 Å². The molecule has 60 valence electrons. The maximum atomic E-state index is 8.11. The van der Waals surface area contributed by atoms with Crippen molar-refractivity contribution in [2.24, 2.45) is 10.7 Å². The van der Waals surface area contributed by atoms with Gasteiger partial charge in [0, 0.05) is 0 Å². The van der Waals surface area contributed by atoms with Crippen LogP contribution in [0.5, 0.6) is 0 Å². The molecule has 8 nitrogen and oxygen atoms in total. The van der Waals surface area contributed by atoms with Crippen molar-refractivity contribution < 1.29 is 31.5 Å². The van der Waals surface area contributed by atoms with Crippen molar-refractivity contribution in [3.63, 3.8) is 0 Å². The summed E-state index contributed by atoms with van der Waals surface area (Å²) >= 11 is 0. The molecule has 0 aromatic heterocycles. The van der Waals surface area contributed by atoms with E-state index in [0.29, 0.717) is 0 Å². The first-order valence-corrected chi connectivity index (χ1v) is 0.765. The van der Waals surface area contributed by atoms with E-state index in [9.17, 15) is 0 Å². The van der Waals surface area contributed by atoms with Crippen molar-refractivity contribution in [3.8, 4) is 0 Å². The second kappa shape index (κ2) is 153. The fourth-order valence-electron chi connectivity index (χ4n) is 0. The Morgan fingerprint density at radius 3 is 0.889 bits per heavy atom. The Labute approximate surface area is 64.9 Å². The molecule has 0 amide bonds. The predicted octanol–water partition coefficient (Wildman–Crippen LogP) is 0.605. The molecule has 9 heavy (non-hydrogen) atoms. The van der Waals surface area contributed by atoms with Gasteiger partial charge in [-0.15, -0.1) is 9.81 Å². The van der Waals surface area contributed by atoms with Crippen LogP contribution in [0, 0.1) is 9.81 Å². The summed E-state index contributed by atoms with van der Waals surface area (Å²) in [4.78, 5) is 16.2. The Kier molecular flexibility index (Phi) is 677. The van der Waals surface area contributed by atoms with Gasteiger partial charge in [-0.05, 0) is 0 Å². The summed E-state index contributed by atoms with van der Waals surface area (Å²) in [6.07, 6.45) is 0. The van der Waals surface area contributed by atoms with Gasteiger partial charge in [0.25, 0.3) is 0 Å². The van der Waals surface area contributed by atoms with Crippen LogP contribution >= 0.6 is 0 Å². The Morgan fingerprint density at radius 1 is 0.889 bits per heavy atom. The van der Waals surface area contributed by atoms with Crippen LogP contribution in [-0.2, 0) is 21.1 Å². The minimum atomic E-state index is 0. The van der Waals surface area contributed by atoms with E-state index in [1.54, 1.807) is 0 Å². The fraction of sp³-hybridized carbons (Fsp3) is 0. The molecule has 8 N–H and O–H groups in total. The molecule has 0 fully saturated rings. The molecule has 0 aliphatic carbocycles. The van der Waals surface area contributed by atoms with E-state index in [-0.39, 0.29) is 33.4 Å². The summed E-state index contributed by atoms with van der Waals surface area (Å²) < 4.78 is 0. The van der Waals surface area contributed by atoms with Gasteiger partial charge in [-0.25, -0.2) is 0 Å². The summed E-state index contributed by atoms with van der Waals surface area (Å²) in [6.45, 7) is 0. The van der Waals surface area contributed by atoms with Gasteiger partial charge in [-0.2, -0.15) is 0 Å². The molecule has 0 aromatic rings. The van der Waals surface area contributed by atoms with Gasteiger partial charge < -0.3 is 22.7 Å². The minimum absolute atomic E-state index is 0. The van der Waals surface area contributed by atoms with E-state index in [4.69, 9.17) is 20.2 Å². The standard InChI is InChI=1S/2HNO2.2H3N.Pt/c2*2-1-3;;;/h2*(H,2,3);2*1H3;/q;;;;+2. The van der Waals surface area contributed by atoms with E-state index < -0.39 is 0 Å². The zero-order valence-corrected chi connectivity index (χ0v) is 6.61. The van der Waals surface area contributed by atoms with Crippen molar-refractivity contribution in [2.75, 3.05) is 0 Å². The number of hydrogen-bond donors (Lipinski definition) is 4. The molecular weight excluding hydrogens is 315 g/mol. The first kappa shape index (κ1) is 39.7. The summed E-state index contributed by atoms with van der Waals surface area (Å²) in [5.74, 6) is 0. The maximum absolute atomic E-state index is 8.11. The molecule has 0 bridgehead atoms. The molecular formula is H8N4O4Pt+2. The molecule has 0 saturated heterocycles. The third kappa shape index (κ3) is 619. The van der Waals surface area contributed by atoms with E-state index in [2.05, 4.69) is 0 Å². The molecule has 0 atom stereocenters. The molecule has 0 radical (unpaired) electrons. The average molecular weight is 323 g/mol. The smallest absolute Gasteiger partial charge is 0.379 e. The Hall–Kier alpha value is -0.592. The van der Waals surface area contributed by atoms with E-state index in [1.807, 2.05) is 0 Å². The second-order valence-electron chi connectivity index (χ2n) is 0.163. The fourth-order valence-corrected chi connectivity index (χ4v) is 0. The molecule has 0 aromatic carbocycles. The third-order valence-corrected chi connectivity index (χ3v) is 0. The number of rotatable bonds is 0. The van der Waals surface area contributed by atoms with Gasteiger partial charge in [0.05, 0.1) is 0 Å². The van der Waals surface area contributed by atoms with Gasteiger partial charge in [0.2, 0.25) is 0 Å². The van der Waals surface area contributed by atoms with Crippen molar-refractivity contribution in [1.29, 1.82) is 0 Å². The van der Waals surface area contributed by atoms with Gasteiger partial charge in [0.15, 0.2) is 10.7 Å². The largest absolute Gasteiger partial charge is 2.00 e. The van der Waals surface area contributed by atoms with Crippen LogP contribution < -0.4 is 12.3 Å². The average Bonchev–Trinajstić information content (AvgIpc) is 1.39. The minimum Gasteiger partial charge on any atom is -0.379 e. The predicted molar refractivity (Wildman–Crippen MR) is 25.2 cm³/mol. The molecule has 0 aliphatic heterocycles. The van der Waals surface area contributed by atoms with E-state index >= 15 is 0 Å². The van der Waals surface area contributed by atoms with Gasteiger partial charge in [-0.3, -0.25) is 0 Å². The van der Waals surface area contributed by atoms with E-state index in [1.165, 1.54) is 10.7 Å². The van der Waals surface area contributed by atoms with Crippen LogP contribution in [0.3, 0.4) is 0 Å². The van der Waals surface area contributed by atoms with E-state index in [0.717, 1.165) is 0 Å². The van der Waals surface area contributed by atoms with Crippen molar-refractivity contribution in [1.82, 2.24) is 12.3 Å². The number of hydrogen-bond acceptors (Lipinski definition) is 6. The SMILES string of the molecule is N.N.O=NO.O=NO.[Pt+2]. The molecule has 0 saturated carbocycles. The van der Waals surface area contributed by atoms with Crippen LogP contribution in [0.15, 0.2) is 10.7 Å². The summed E-state index contributed by atoms with van der Waals surface area (Å²) in [5, 5.41) is 15.8.